The first-order chi connectivity index (χ1) is 14.7. The van der Waals surface area contributed by atoms with Crippen LogP contribution in [0.25, 0.3) is 11.3 Å². The van der Waals surface area contributed by atoms with E-state index < -0.39 is 11.7 Å². The third kappa shape index (κ3) is 4.52. The number of hydrogen-bond acceptors (Lipinski definition) is 5. The molecule has 3 aromatic rings. The van der Waals surface area contributed by atoms with Crippen LogP contribution in [0.15, 0.2) is 42.9 Å². The molecule has 10 heteroatoms. The first-order valence-corrected chi connectivity index (χ1v) is 9.84. The molecule has 1 saturated heterocycles. The van der Waals surface area contributed by atoms with E-state index in [1.165, 1.54) is 0 Å². The van der Waals surface area contributed by atoms with Crippen molar-refractivity contribution in [2.24, 2.45) is 0 Å². The number of anilines is 2. The molecule has 0 aromatic carbocycles. The Hall–Kier alpha value is -3.43. The van der Waals surface area contributed by atoms with Crippen LogP contribution in [0.2, 0.25) is 0 Å². The number of likely N-dealkylation sites (tertiary alicyclic amines) is 1. The van der Waals surface area contributed by atoms with Crippen LogP contribution in [0, 0.1) is 6.92 Å². The number of aryl methyl sites for hydroxylation is 1. The van der Waals surface area contributed by atoms with Gasteiger partial charge in [0, 0.05) is 30.9 Å². The number of carbonyl (C=O) groups is 1. The summed E-state index contributed by atoms with van der Waals surface area (Å²) < 4.78 is 40.6. The topological polar surface area (TPSA) is 75.9 Å². The van der Waals surface area contributed by atoms with Crippen LogP contribution in [0.3, 0.4) is 0 Å². The van der Waals surface area contributed by atoms with Crippen LogP contribution in [-0.4, -0.2) is 37.1 Å². The number of halogens is 3. The van der Waals surface area contributed by atoms with Crippen LogP contribution in [-0.2, 0) is 11.0 Å². The molecule has 0 spiro atoms. The van der Waals surface area contributed by atoms with Crippen LogP contribution in [0.1, 0.15) is 37.1 Å². The van der Waals surface area contributed by atoms with Gasteiger partial charge in [-0.05, 0) is 50.1 Å². The van der Waals surface area contributed by atoms with E-state index in [0.717, 1.165) is 35.9 Å². The Morgan fingerprint density at radius 2 is 2.00 bits per heavy atom. The number of alkyl halides is 3. The van der Waals surface area contributed by atoms with E-state index in [-0.39, 0.29) is 17.9 Å². The van der Waals surface area contributed by atoms with Gasteiger partial charge in [-0.1, -0.05) is 0 Å². The zero-order valence-corrected chi connectivity index (χ0v) is 17.0. The van der Waals surface area contributed by atoms with Gasteiger partial charge in [0.15, 0.2) is 0 Å². The maximum absolute atomic E-state index is 13.0. The SMILES string of the molecule is Cc1cc(Nc2cc(C(F)(F)F)ccn2)nc(-c2cnn(C(C)N3CCCC3=O)c2)c1. The molecule has 1 amide bonds. The van der Waals surface area contributed by atoms with E-state index >= 15 is 0 Å². The quantitative estimate of drug-likeness (QED) is 0.643. The van der Waals surface area contributed by atoms with E-state index in [1.54, 1.807) is 21.8 Å². The van der Waals surface area contributed by atoms with E-state index in [2.05, 4.69) is 20.4 Å². The van der Waals surface area contributed by atoms with Gasteiger partial charge >= 0.3 is 6.18 Å². The van der Waals surface area contributed by atoms with Crippen molar-refractivity contribution in [3.63, 3.8) is 0 Å². The highest BCUT2D eigenvalue weighted by Gasteiger charge is 2.31. The number of rotatable bonds is 5. The summed E-state index contributed by atoms with van der Waals surface area (Å²) in [5.41, 5.74) is 1.43. The highest BCUT2D eigenvalue weighted by molar-refractivity contribution is 5.78. The summed E-state index contributed by atoms with van der Waals surface area (Å²) in [5.74, 6) is 0.534. The van der Waals surface area contributed by atoms with Crippen molar-refractivity contribution in [2.45, 2.75) is 39.0 Å². The first kappa shape index (κ1) is 20.8. The summed E-state index contributed by atoms with van der Waals surface area (Å²) in [7, 11) is 0. The largest absolute Gasteiger partial charge is 0.416 e. The molecular weight excluding hydrogens is 409 g/mol. The van der Waals surface area contributed by atoms with Gasteiger partial charge in [-0.2, -0.15) is 18.3 Å². The lowest BCUT2D eigenvalue weighted by atomic mass is 10.1. The summed E-state index contributed by atoms with van der Waals surface area (Å²) in [6.45, 7) is 4.48. The fourth-order valence-corrected chi connectivity index (χ4v) is 3.57. The Morgan fingerprint density at radius 1 is 1.19 bits per heavy atom. The Morgan fingerprint density at radius 3 is 2.71 bits per heavy atom. The van der Waals surface area contributed by atoms with Crippen molar-refractivity contribution in [1.29, 1.82) is 0 Å². The Bertz CT molecular complexity index is 1110. The molecule has 0 bridgehead atoms. The maximum atomic E-state index is 13.0. The van der Waals surface area contributed by atoms with E-state index in [1.807, 2.05) is 26.1 Å². The van der Waals surface area contributed by atoms with Crippen molar-refractivity contribution in [2.75, 3.05) is 11.9 Å². The average Bonchev–Trinajstić information content (AvgIpc) is 3.36. The molecule has 31 heavy (non-hydrogen) atoms. The molecular formula is C21H21F3N6O. The minimum absolute atomic E-state index is 0.0516. The van der Waals surface area contributed by atoms with Gasteiger partial charge in [-0.15, -0.1) is 0 Å². The molecule has 1 aliphatic heterocycles. The predicted molar refractivity (Wildman–Crippen MR) is 108 cm³/mol. The van der Waals surface area contributed by atoms with Gasteiger partial charge in [0.1, 0.15) is 17.8 Å². The number of nitrogens with one attached hydrogen (secondary N) is 1. The monoisotopic (exact) mass is 430 g/mol. The molecule has 7 nitrogen and oxygen atoms in total. The fraction of sp³-hybridized carbons (Fsp3) is 0.333. The Labute approximate surface area is 176 Å². The second kappa shape index (κ2) is 8.01. The normalized spacial score (nSPS) is 15.4. The summed E-state index contributed by atoms with van der Waals surface area (Å²) >= 11 is 0. The molecule has 1 N–H and O–H groups in total. The number of amides is 1. The van der Waals surface area contributed by atoms with Gasteiger partial charge in [-0.25, -0.2) is 14.6 Å². The predicted octanol–water partition coefficient (Wildman–Crippen LogP) is 4.55. The van der Waals surface area contributed by atoms with Gasteiger partial charge in [0.2, 0.25) is 5.91 Å². The Kier molecular flexibility index (Phi) is 5.38. The highest BCUT2D eigenvalue weighted by Crippen LogP contribution is 2.31. The third-order valence-corrected chi connectivity index (χ3v) is 5.15. The number of aromatic nitrogens is 4. The van der Waals surface area contributed by atoms with Crippen LogP contribution in [0.4, 0.5) is 24.8 Å². The molecule has 0 saturated carbocycles. The number of nitrogens with zero attached hydrogens (tertiary/aromatic N) is 5. The molecule has 0 radical (unpaired) electrons. The van der Waals surface area contributed by atoms with Crippen molar-refractivity contribution in [3.8, 4) is 11.3 Å². The van der Waals surface area contributed by atoms with Gasteiger partial charge in [0.05, 0.1) is 17.5 Å². The Balaban J connectivity index is 1.58. The van der Waals surface area contributed by atoms with Crippen molar-refractivity contribution >= 4 is 17.5 Å². The summed E-state index contributed by atoms with van der Waals surface area (Å²) in [6, 6.07) is 5.44. The summed E-state index contributed by atoms with van der Waals surface area (Å²) in [5, 5.41) is 7.22. The minimum atomic E-state index is -4.45. The lowest BCUT2D eigenvalue weighted by Crippen LogP contribution is -2.31. The number of pyridine rings is 2. The second-order valence-electron chi connectivity index (χ2n) is 7.50. The molecule has 4 rings (SSSR count). The third-order valence-electron chi connectivity index (χ3n) is 5.15. The van der Waals surface area contributed by atoms with Crippen molar-refractivity contribution in [3.05, 3.63) is 54.0 Å². The van der Waals surface area contributed by atoms with Crippen LogP contribution >= 0.6 is 0 Å². The number of carbonyl (C=O) groups excluding carboxylic acids is 1. The second-order valence-corrected chi connectivity index (χ2v) is 7.50. The van der Waals surface area contributed by atoms with Gasteiger partial charge < -0.3 is 10.2 Å². The fourth-order valence-electron chi connectivity index (χ4n) is 3.57. The van der Waals surface area contributed by atoms with Gasteiger partial charge in [0.25, 0.3) is 0 Å². The molecule has 4 heterocycles. The summed E-state index contributed by atoms with van der Waals surface area (Å²) in [4.78, 5) is 22.3. The van der Waals surface area contributed by atoms with Crippen molar-refractivity contribution < 1.29 is 18.0 Å². The zero-order valence-electron chi connectivity index (χ0n) is 17.0. The van der Waals surface area contributed by atoms with Gasteiger partial charge in [-0.3, -0.25) is 4.79 Å². The number of hydrogen-bond donors (Lipinski definition) is 1. The highest BCUT2D eigenvalue weighted by atomic mass is 19.4. The molecule has 162 valence electrons. The minimum Gasteiger partial charge on any atom is -0.325 e. The lowest BCUT2D eigenvalue weighted by Gasteiger charge is -2.24. The molecule has 0 aliphatic carbocycles. The van der Waals surface area contributed by atoms with E-state index in [9.17, 15) is 18.0 Å². The van der Waals surface area contributed by atoms with Crippen LogP contribution < -0.4 is 5.32 Å². The first-order valence-electron chi connectivity index (χ1n) is 9.84. The molecule has 1 fully saturated rings. The molecule has 1 aliphatic rings. The van der Waals surface area contributed by atoms with Crippen LogP contribution in [0.5, 0.6) is 0 Å². The van der Waals surface area contributed by atoms with Crippen molar-refractivity contribution in [1.82, 2.24) is 24.6 Å². The average molecular weight is 430 g/mol. The maximum Gasteiger partial charge on any atom is 0.416 e. The van der Waals surface area contributed by atoms with E-state index in [4.69, 9.17) is 0 Å². The molecule has 3 aromatic heterocycles. The van der Waals surface area contributed by atoms with E-state index in [0.29, 0.717) is 24.5 Å². The smallest absolute Gasteiger partial charge is 0.325 e. The standard InChI is InChI=1S/C21H21F3N6O/c1-13-8-17(15-11-26-30(12-15)14(2)29-7-3-4-20(29)31)27-19(9-13)28-18-10-16(5-6-25-18)21(22,23)24/h5-6,8-12,14H,3-4,7H2,1-2H3,(H,25,27,28). The summed E-state index contributed by atoms with van der Waals surface area (Å²) in [6.07, 6.45) is 1.31. The zero-order chi connectivity index (χ0) is 22.2. The lowest BCUT2D eigenvalue weighted by molar-refractivity contribution is -0.137. The molecule has 1 unspecified atom stereocenters. The molecule has 1 atom stereocenters.